The highest BCUT2D eigenvalue weighted by atomic mass is 32.1. The third-order valence-corrected chi connectivity index (χ3v) is 9.43. The molecule has 0 atom stereocenters. The molecule has 0 bridgehead atoms. The molecule has 6 heteroatoms. The smallest absolute Gasteiger partial charge is 0.123 e. The summed E-state index contributed by atoms with van der Waals surface area (Å²) in [5.41, 5.74) is 5.17. The minimum atomic E-state index is -0.375. The van der Waals surface area contributed by atoms with Crippen molar-refractivity contribution in [2.45, 2.75) is 0 Å². The van der Waals surface area contributed by atoms with Crippen LogP contribution >= 0.6 is 11.3 Å². The van der Waals surface area contributed by atoms with Gasteiger partial charge in [-0.3, -0.25) is 0 Å². The molecule has 0 amide bonds. The predicted octanol–water partition coefficient (Wildman–Crippen LogP) is 10.7. The average molecular weight is 569 g/mol. The lowest BCUT2D eigenvalue weighted by molar-refractivity contribution is 0.628. The van der Waals surface area contributed by atoms with Crippen LogP contribution in [0.1, 0.15) is 0 Å². The molecule has 0 aliphatic rings. The Balaban J connectivity index is 1.38. The lowest BCUT2D eigenvalue weighted by Crippen LogP contribution is -1.97. The van der Waals surface area contributed by atoms with Gasteiger partial charge in [0, 0.05) is 53.1 Å². The quantitative estimate of drug-likeness (QED) is 0.196. The Bertz CT molecular complexity index is 2510. The van der Waals surface area contributed by atoms with E-state index < -0.39 is 0 Å². The molecule has 0 saturated heterocycles. The van der Waals surface area contributed by atoms with Gasteiger partial charge in [-0.15, -0.1) is 11.3 Å². The van der Waals surface area contributed by atoms with Crippen LogP contribution in [0.15, 0.2) is 115 Å². The van der Waals surface area contributed by atoms with Gasteiger partial charge in [-0.2, -0.15) is 0 Å². The molecular weight excluding hydrogens is 549 g/mol. The van der Waals surface area contributed by atoms with Crippen molar-refractivity contribution in [2.24, 2.45) is 0 Å². The van der Waals surface area contributed by atoms with E-state index >= 15 is 0 Å². The first kappa shape index (κ1) is 23.6. The lowest BCUT2D eigenvalue weighted by Gasteiger charge is -2.11. The Kier molecular flexibility index (Phi) is 4.76. The van der Waals surface area contributed by atoms with Crippen molar-refractivity contribution in [3.05, 3.63) is 133 Å². The van der Waals surface area contributed by atoms with Crippen LogP contribution in [0, 0.1) is 17.5 Å². The largest absolute Gasteiger partial charge is 0.309 e. The molecular formula is C36H19F3N2S. The second-order valence-electron chi connectivity index (χ2n) is 10.6. The molecule has 9 aromatic rings. The first-order valence-electron chi connectivity index (χ1n) is 13.6. The van der Waals surface area contributed by atoms with Gasteiger partial charge in [0.25, 0.3) is 0 Å². The maximum Gasteiger partial charge on any atom is 0.123 e. The van der Waals surface area contributed by atoms with Gasteiger partial charge in [0.05, 0.1) is 22.1 Å². The summed E-state index contributed by atoms with van der Waals surface area (Å²) in [5, 5.41) is 5.40. The van der Waals surface area contributed by atoms with E-state index in [1.807, 2.05) is 22.8 Å². The average Bonchev–Trinajstić information content (AvgIpc) is 3.63. The van der Waals surface area contributed by atoms with Crippen LogP contribution in [-0.2, 0) is 0 Å². The van der Waals surface area contributed by atoms with Gasteiger partial charge in [-0.1, -0.05) is 24.3 Å². The van der Waals surface area contributed by atoms with Crippen molar-refractivity contribution in [1.29, 1.82) is 0 Å². The number of hydrogen-bond donors (Lipinski definition) is 0. The number of rotatable bonds is 2. The zero-order chi connectivity index (χ0) is 28.1. The van der Waals surface area contributed by atoms with Crippen molar-refractivity contribution >= 4 is 75.1 Å². The lowest BCUT2D eigenvalue weighted by atomic mass is 10.1. The maximum absolute atomic E-state index is 14.6. The number of benzene rings is 6. The normalized spacial score (nSPS) is 12.2. The van der Waals surface area contributed by atoms with Crippen LogP contribution in [-0.4, -0.2) is 9.13 Å². The Hall–Kier alpha value is -5.07. The third kappa shape index (κ3) is 3.27. The molecule has 3 heterocycles. The summed E-state index contributed by atoms with van der Waals surface area (Å²) < 4.78 is 49.9. The molecule has 0 radical (unpaired) electrons. The number of nitrogens with zero attached hydrogens (tertiary/aromatic N) is 2. The molecule has 0 saturated carbocycles. The van der Waals surface area contributed by atoms with Gasteiger partial charge in [0.1, 0.15) is 17.5 Å². The molecule has 42 heavy (non-hydrogen) atoms. The van der Waals surface area contributed by atoms with Crippen LogP contribution in [0.25, 0.3) is 75.2 Å². The van der Waals surface area contributed by atoms with Crippen molar-refractivity contribution < 1.29 is 13.2 Å². The highest BCUT2D eigenvalue weighted by Crippen LogP contribution is 2.40. The van der Waals surface area contributed by atoms with Gasteiger partial charge in [0.2, 0.25) is 0 Å². The van der Waals surface area contributed by atoms with Crippen LogP contribution in [0.3, 0.4) is 0 Å². The predicted molar refractivity (Wildman–Crippen MR) is 168 cm³/mol. The van der Waals surface area contributed by atoms with Gasteiger partial charge in [-0.25, -0.2) is 13.2 Å². The fourth-order valence-corrected chi connectivity index (χ4v) is 7.58. The summed E-state index contributed by atoms with van der Waals surface area (Å²) in [7, 11) is 0. The number of aromatic nitrogens is 2. The zero-order valence-corrected chi connectivity index (χ0v) is 22.7. The van der Waals surface area contributed by atoms with Crippen molar-refractivity contribution in [3.8, 4) is 11.4 Å². The Labute approximate surface area is 241 Å². The fraction of sp³-hybridized carbons (Fsp3) is 0. The molecule has 0 spiro atoms. The van der Waals surface area contributed by atoms with Crippen LogP contribution in [0.5, 0.6) is 0 Å². The van der Waals surface area contributed by atoms with E-state index in [1.165, 1.54) is 50.5 Å². The van der Waals surface area contributed by atoms with E-state index in [9.17, 15) is 13.2 Å². The molecule has 2 nitrogen and oxygen atoms in total. The van der Waals surface area contributed by atoms with Gasteiger partial charge < -0.3 is 9.13 Å². The summed E-state index contributed by atoms with van der Waals surface area (Å²) in [5.74, 6) is -1.05. The highest BCUT2D eigenvalue weighted by Gasteiger charge is 2.18. The molecule has 6 aromatic carbocycles. The number of hydrogen-bond acceptors (Lipinski definition) is 1. The monoisotopic (exact) mass is 568 g/mol. The van der Waals surface area contributed by atoms with E-state index in [2.05, 4.69) is 53.1 Å². The second kappa shape index (κ2) is 8.47. The standard InChI is InChI=1S/C36H19F3N2S/c37-20-5-11-31-27(15-20)25-10-8-24(40-32-12-6-21(38)16-28(32)29-17-22(39)7-13-33(29)40)19-34(25)41(31)23-9-14-36-30(18-23)26-3-1-2-4-35(26)42-36/h1-19H. The van der Waals surface area contributed by atoms with Crippen LogP contribution < -0.4 is 0 Å². The van der Waals surface area contributed by atoms with E-state index in [0.29, 0.717) is 10.8 Å². The highest BCUT2D eigenvalue weighted by molar-refractivity contribution is 7.25. The molecule has 0 N–H and O–H groups in total. The number of thiophene rings is 1. The number of fused-ring (bicyclic) bond motifs is 9. The summed E-state index contributed by atoms with van der Waals surface area (Å²) in [4.78, 5) is 0. The SMILES string of the molecule is Fc1ccc2c(c1)c1cc(F)ccc1n2-c1ccc2c3cc(F)ccc3n(-c3ccc4sc5ccccc5c4c3)c2c1. The molecule has 0 aliphatic carbocycles. The maximum atomic E-state index is 14.6. The van der Waals surface area contributed by atoms with Crippen molar-refractivity contribution in [2.75, 3.05) is 0 Å². The van der Waals surface area contributed by atoms with E-state index in [1.54, 1.807) is 29.5 Å². The topological polar surface area (TPSA) is 9.86 Å². The molecule has 0 fully saturated rings. The molecule has 0 unspecified atom stereocenters. The first-order valence-corrected chi connectivity index (χ1v) is 14.4. The van der Waals surface area contributed by atoms with Crippen LogP contribution in [0.2, 0.25) is 0 Å². The summed E-state index contributed by atoms with van der Waals surface area (Å²) in [6.07, 6.45) is 0. The van der Waals surface area contributed by atoms with Gasteiger partial charge in [-0.05, 0) is 91.0 Å². The zero-order valence-electron chi connectivity index (χ0n) is 21.9. The van der Waals surface area contributed by atoms with E-state index in [0.717, 1.165) is 44.2 Å². The minimum absolute atomic E-state index is 0.295. The number of halogens is 3. The third-order valence-electron chi connectivity index (χ3n) is 8.28. The Morgan fingerprint density at radius 3 is 1.57 bits per heavy atom. The molecule has 0 aliphatic heterocycles. The van der Waals surface area contributed by atoms with Gasteiger partial charge in [0.15, 0.2) is 0 Å². The first-order chi connectivity index (χ1) is 20.5. The fourth-order valence-electron chi connectivity index (χ4n) is 6.50. The van der Waals surface area contributed by atoms with Crippen molar-refractivity contribution in [3.63, 3.8) is 0 Å². The minimum Gasteiger partial charge on any atom is -0.309 e. The molecule has 9 rings (SSSR count). The van der Waals surface area contributed by atoms with E-state index in [-0.39, 0.29) is 17.5 Å². The van der Waals surface area contributed by atoms with Crippen molar-refractivity contribution in [1.82, 2.24) is 9.13 Å². The summed E-state index contributed by atoms with van der Waals surface area (Å²) in [6.45, 7) is 0. The summed E-state index contributed by atoms with van der Waals surface area (Å²) >= 11 is 1.77. The molecule has 3 aromatic heterocycles. The van der Waals surface area contributed by atoms with Gasteiger partial charge >= 0.3 is 0 Å². The second-order valence-corrected chi connectivity index (χ2v) is 11.7. The molecule has 200 valence electrons. The van der Waals surface area contributed by atoms with E-state index in [4.69, 9.17) is 0 Å². The Morgan fingerprint density at radius 1 is 0.381 bits per heavy atom. The van der Waals surface area contributed by atoms with Crippen LogP contribution in [0.4, 0.5) is 13.2 Å². The summed E-state index contributed by atoms with van der Waals surface area (Å²) in [6, 6.07) is 35.0. The Morgan fingerprint density at radius 2 is 0.905 bits per heavy atom.